The van der Waals surface area contributed by atoms with Gasteiger partial charge in [-0.25, -0.2) is 5.01 Å². The monoisotopic (exact) mass is 131 g/mol. The zero-order valence-corrected chi connectivity index (χ0v) is 5.20. The van der Waals surface area contributed by atoms with Crippen LogP contribution in [0.5, 0.6) is 0 Å². The Kier molecular flexibility index (Phi) is 1.63. The van der Waals surface area contributed by atoms with Gasteiger partial charge in [-0.3, -0.25) is 10.1 Å². The van der Waals surface area contributed by atoms with Gasteiger partial charge >= 0.3 is 0 Å². The molecule has 0 aromatic carbocycles. The van der Waals surface area contributed by atoms with Crippen LogP contribution in [0.2, 0.25) is 0 Å². The fourth-order valence-electron chi connectivity index (χ4n) is 0.852. The van der Waals surface area contributed by atoms with Gasteiger partial charge in [0, 0.05) is 24.9 Å². The van der Waals surface area contributed by atoms with Crippen molar-refractivity contribution in [2.45, 2.75) is 12.6 Å². The van der Waals surface area contributed by atoms with Crippen molar-refractivity contribution < 1.29 is 4.92 Å². The first-order valence-corrected chi connectivity index (χ1v) is 2.81. The Labute approximate surface area is 52.8 Å². The summed E-state index contributed by atoms with van der Waals surface area (Å²) in [6, 6.07) is 0. The molecule has 1 aliphatic heterocycles. The van der Waals surface area contributed by atoms with Crippen molar-refractivity contribution in [3.63, 3.8) is 0 Å². The second-order valence-corrected chi connectivity index (χ2v) is 2.14. The fraction of sp³-hybridized carbons (Fsp3) is 1.00. The average Bonchev–Trinajstić information content (AvgIpc) is 2.14. The minimum Gasteiger partial charge on any atom is -0.263 e. The van der Waals surface area contributed by atoms with Crippen LogP contribution in [0.25, 0.3) is 0 Å². The molecule has 9 heavy (non-hydrogen) atoms. The predicted octanol–water partition coefficient (Wildman–Crippen LogP) is -0.571. The van der Waals surface area contributed by atoms with E-state index in [1.54, 1.807) is 12.1 Å². The second kappa shape index (κ2) is 2.28. The van der Waals surface area contributed by atoms with Gasteiger partial charge in [0.1, 0.15) is 0 Å². The van der Waals surface area contributed by atoms with Crippen LogP contribution in [0, 0.1) is 10.1 Å². The first-order valence-electron chi connectivity index (χ1n) is 2.81. The number of nitrogens with zero attached hydrogens (tertiary/aromatic N) is 2. The Morgan fingerprint density at radius 2 is 2.56 bits per heavy atom. The van der Waals surface area contributed by atoms with Crippen LogP contribution in [0.4, 0.5) is 0 Å². The first-order chi connectivity index (χ1) is 4.20. The van der Waals surface area contributed by atoms with Crippen molar-refractivity contribution in [3.8, 4) is 0 Å². The van der Waals surface area contributed by atoms with Gasteiger partial charge in [0.25, 0.3) is 6.17 Å². The number of nitro groups is 1. The summed E-state index contributed by atoms with van der Waals surface area (Å²) < 4.78 is 0. The molecule has 0 amide bonds. The van der Waals surface area contributed by atoms with Crippen molar-refractivity contribution in [1.82, 2.24) is 10.4 Å². The molecule has 0 spiro atoms. The van der Waals surface area contributed by atoms with Crippen molar-refractivity contribution in [2.24, 2.45) is 0 Å². The van der Waals surface area contributed by atoms with E-state index in [2.05, 4.69) is 5.43 Å². The number of rotatable bonds is 1. The summed E-state index contributed by atoms with van der Waals surface area (Å²) >= 11 is 0. The third-order valence-electron chi connectivity index (χ3n) is 1.36. The molecule has 0 radical (unpaired) electrons. The number of hydrogen-bond acceptors (Lipinski definition) is 4. The van der Waals surface area contributed by atoms with Crippen molar-refractivity contribution >= 4 is 0 Å². The summed E-state index contributed by atoms with van der Waals surface area (Å²) in [7, 11) is 1.80. The molecule has 5 nitrogen and oxygen atoms in total. The van der Waals surface area contributed by atoms with Gasteiger partial charge < -0.3 is 0 Å². The maximum absolute atomic E-state index is 10.1. The van der Waals surface area contributed by atoms with Gasteiger partial charge in [-0.15, -0.1) is 0 Å². The molecule has 0 aromatic rings. The highest BCUT2D eigenvalue weighted by Crippen LogP contribution is 2.02. The molecule has 1 rings (SSSR count). The fourth-order valence-corrected chi connectivity index (χ4v) is 0.852. The summed E-state index contributed by atoms with van der Waals surface area (Å²) in [5.41, 5.74) is 2.69. The quantitative estimate of drug-likeness (QED) is 0.382. The van der Waals surface area contributed by atoms with E-state index in [0.29, 0.717) is 6.42 Å². The van der Waals surface area contributed by atoms with Gasteiger partial charge in [0.15, 0.2) is 0 Å². The lowest BCUT2D eigenvalue weighted by atomic mass is 10.4. The minimum absolute atomic E-state index is 0.302. The lowest BCUT2D eigenvalue weighted by molar-refractivity contribution is -0.528. The van der Waals surface area contributed by atoms with Gasteiger partial charge in [0.05, 0.1) is 0 Å². The summed E-state index contributed by atoms with van der Waals surface area (Å²) in [6.07, 6.45) is 0.0405. The Morgan fingerprint density at radius 3 is 2.78 bits per heavy atom. The maximum Gasteiger partial charge on any atom is 0.279 e. The summed E-state index contributed by atoms with van der Waals surface area (Å²) in [6.45, 7) is 0.756. The van der Waals surface area contributed by atoms with Gasteiger partial charge in [0.2, 0.25) is 0 Å². The molecule has 1 heterocycles. The maximum atomic E-state index is 10.1. The molecule has 5 heteroatoms. The lowest BCUT2D eigenvalue weighted by Crippen LogP contribution is -2.36. The highest BCUT2D eigenvalue weighted by atomic mass is 16.6. The van der Waals surface area contributed by atoms with E-state index >= 15 is 0 Å². The summed E-state index contributed by atoms with van der Waals surface area (Å²) in [4.78, 5) is 9.76. The molecular formula is C4H9N3O2. The van der Waals surface area contributed by atoms with Crippen LogP contribution in [0.1, 0.15) is 6.42 Å². The molecule has 1 atom stereocenters. The van der Waals surface area contributed by atoms with Crippen molar-refractivity contribution in [1.29, 1.82) is 0 Å². The van der Waals surface area contributed by atoms with Gasteiger partial charge in [-0.1, -0.05) is 0 Å². The molecule has 1 unspecified atom stereocenters. The molecule has 0 aliphatic carbocycles. The number of nitrogens with one attached hydrogen (secondary N) is 1. The summed E-state index contributed by atoms with van der Waals surface area (Å²) in [5.74, 6) is 0. The molecule has 1 aliphatic rings. The average molecular weight is 131 g/mol. The molecule has 52 valence electrons. The largest absolute Gasteiger partial charge is 0.279 e. The van der Waals surface area contributed by atoms with Crippen molar-refractivity contribution in [3.05, 3.63) is 10.1 Å². The van der Waals surface area contributed by atoms with E-state index in [1.807, 2.05) is 0 Å². The van der Waals surface area contributed by atoms with E-state index in [0.717, 1.165) is 6.54 Å². The van der Waals surface area contributed by atoms with E-state index in [1.165, 1.54) is 0 Å². The predicted molar refractivity (Wildman–Crippen MR) is 31.2 cm³/mol. The standard InChI is InChI=1S/C4H9N3O2/c1-6-3-2-4(5-6)7(8)9/h4-5H,2-3H2,1H3. The van der Waals surface area contributed by atoms with Gasteiger partial charge in [-0.05, 0) is 0 Å². The Bertz CT molecular complexity index is 127. The highest BCUT2D eigenvalue weighted by molar-refractivity contribution is 4.62. The molecule has 0 saturated carbocycles. The van der Waals surface area contributed by atoms with Crippen LogP contribution in [0.3, 0.4) is 0 Å². The van der Waals surface area contributed by atoms with E-state index in [9.17, 15) is 10.1 Å². The Hall–Kier alpha value is -0.680. The SMILES string of the molecule is CN1CCC([N+](=O)[O-])N1. The first kappa shape index (κ1) is 6.44. The Balaban J connectivity index is 2.39. The van der Waals surface area contributed by atoms with E-state index in [-0.39, 0.29) is 4.92 Å². The van der Waals surface area contributed by atoms with Crippen LogP contribution in [0.15, 0.2) is 0 Å². The zero-order chi connectivity index (χ0) is 6.85. The van der Waals surface area contributed by atoms with Crippen molar-refractivity contribution in [2.75, 3.05) is 13.6 Å². The lowest BCUT2D eigenvalue weighted by Gasteiger charge is -2.05. The Morgan fingerprint density at radius 1 is 1.89 bits per heavy atom. The zero-order valence-electron chi connectivity index (χ0n) is 5.20. The number of hydrazine groups is 1. The molecular weight excluding hydrogens is 122 g/mol. The molecule has 0 bridgehead atoms. The van der Waals surface area contributed by atoms with E-state index < -0.39 is 6.17 Å². The third kappa shape index (κ3) is 1.36. The molecule has 0 aromatic heterocycles. The number of hydrogen-bond donors (Lipinski definition) is 1. The minimum atomic E-state index is -0.560. The van der Waals surface area contributed by atoms with E-state index in [4.69, 9.17) is 0 Å². The van der Waals surface area contributed by atoms with Gasteiger partial charge in [-0.2, -0.15) is 5.43 Å². The third-order valence-corrected chi connectivity index (χ3v) is 1.36. The molecule has 1 fully saturated rings. The molecule has 1 saturated heterocycles. The van der Waals surface area contributed by atoms with Crippen LogP contribution in [-0.4, -0.2) is 29.7 Å². The smallest absolute Gasteiger partial charge is 0.263 e. The van der Waals surface area contributed by atoms with Crippen LogP contribution < -0.4 is 5.43 Å². The van der Waals surface area contributed by atoms with Crippen LogP contribution >= 0.6 is 0 Å². The molecule has 1 N–H and O–H groups in total. The topological polar surface area (TPSA) is 58.4 Å². The normalized spacial score (nSPS) is 28.8. The highest BCUT2D eigenvalue weighted by Gasteiger charge is 2.27. The van der Waals surface area contributed by atoms with Crippen LogP contribution in [-0.2, 0) is 0 Å². The second-order valence-electron chi connectivity index (χ2n) is 2.14. The summed E-state index contributed by atoms with van der Waals surface area (Å²) in [5, 5.41) is 11.8.